The number of pyridine rings is 2. The molecule has 0 unspecified atom stereocenters. The van der Waals surface area contributed by atoms with Gasteiger partial charge in [-0.15, -0.1) is 0 Å². The van der Waals surface area contributed by atoms with Crippen molar-refractivity contribution in [2.75, 3.05) is 5.32 Å². The highest BCUT2D eigenvalue weighted by molar-refractivity contribution is 5.95. The number of aryl methyl sites for hydroxylation is 1. The minimum absolute atomic E-state index is 0.0633. The Labute approximate surface area is 133 Å². The van der Waals surface area contributed by atoms with Gasteiger partial charge in [-0.3, -0.25) is 9.78 Å². The van der Waals surface area contributed by atoms with Crippen molar-refractivity contribution >= 4 is 22.5 Å². The minimum Gasteiger partial charge on any atom is -0.330 e. The van der Waals surface area contributed by atoms with E-state index in [1.165, 1.54) is 0 Å². The lowest BCUT2D eigenvalue weighted by molar-refractivity contribution is -0.117. The molecule has 0 atom stereocenters. The Hall–Kier alpha value is -2.76. The number of anilines is 1. The van der Waals surface area contributed by atoms with Crippen molar-refractivity contribution in [1.29, 1.82) is 0 Å². The molecule has 23 heavy (non-hydrogen) atoms. The molecule has 3 aromatic rings. The van der Waals surface area contributed by atoms with E-state index >= 15 is 0 Å². The summed E-state index contributed by atoms with van der Waals surface area (Å²) in [5.41, 5.74) is 1.82. The molecule has 1 N–H and O–H groups in total. The van der Waals surface area contributed by atoms with Gasteiger partial charge in [0.1, 0.15) is 11.6 Å². The number of nitrogens with one attached hydrogen (secondary N) is 1. The molecular weight excluding hydrogens is 290 g/mol. The van der Waals surface area contributed by atoms with Gasteiger partial charge in [0, 0.05) is 30.7 Å². The average molecular weight is 307 g/mol. The number of hydrogen-bond acceptors (Lipinski definition) is 4. The second-order valence-corrected chi connectivity index (χ2v) is 6.00. The largest absolute Gasteiger partial charge is 0.330 e. The normalized spacial score (nSPS) is 14.2. The van der Waals surface area contributed by atoms with Crippen LogP contribution in [0.15, 0.2) is 30.7 Å². The number of aromatic nitrogens is 4. The fourth-order valence-electron chi connectivity index (χ4n) is 2.56. The molecule has 0 aromatic carbocycles. The van der Waals surface area contributed by atoms with Crippen molar-refractivity contribution in [2.24, 2.45) is 13.0 Å². The Balaban J connectivity index is 1.71. The summed E-state index contributed by atoms with van der Waals surface area (Å²) in [6.07, 6.45) is 7.32. The van der Waals surface area contributed by atoms with Crippen molar-refractivity contribution in [3.63, 3.8) is 0 Å². The van der Waals surface area contributed by atoms with E-state index in [2.05, 4.69) is 20.3 Å². The topological polar surface area (TPSA) is 72.7 Å². The van der Waals surface area contributed by atoms with E-state index < -0.39 is 0 Å². The minimum atomic E-state index is 0.0633. The molecular formula is C17H17N5O. The van der Waals surface area contributed by atoms with E-state index in [0.29, 0.717) is 5.82 Å². The van der Waals surface area contributed by atoms with Gasteiger partial charge in [-0.2, -0.15) is 0 Å². The molecule has 0 radical (unpaired) electrons. The summed E-state index contributed by atoms with van der Waals surface area (Å²) in [6, 6.07) is 3.89. The predicted molar refractivity (Wildman–Crippen MR) is 87.8 cm³/mol. The fraction of sp³-hybridized carbons (Fsp3) is 0.294. The van der Waals surface area contributed by atoms with Crippen LogP contribution in [0.5, 0.6) is 0 Å². The highest BCUT2D eigenvalue weighted by Crippen LogP contribution is 2.30. The van der Waals surface area contributed by atoms with Gasteiger partial charge in [0.2, 0.25) is 5.91 Å². The maximum Gasteiger partial charge on any atom is 0.228 e. The summed E-state index contributed by atoms with van der Waals surface area (Å²) in [7, 11) is 1.97. The van der Waals surface area contributed by atoms with Crippen LogP contribution >= 0.6 is 0 Å². The van der Waals surface area contributed by atoms with Crippen molar-refractivity contribution < 1.29 is 4.79 Å². The van der Waals surface area contributed by atoms with Crippen molar-refractivity contribution in [3.8, 4) is 11.4 Å². The number of carbonyl (C=O) groups is 1. The number of carbonyl (C=O) groups excluding carboxylic acids is 1. The molecule has 4 rings (SSSR count). The van der Waals surface area contributed by atoms with Gasteiger partial charge >= 0.3 is 0 Å². The Bertz CT molecular complexity index is 910. The first-order valence-electron chi connectivity index (χ1n) is 7.67. The summed E-state index contributed by atoms with van der Waals surface area (Å²) < 4.78 is 2.01. The van der Waals surface area contributed by atoms with Crippen molar-refractivity contribution in [1.82, 2.24) is 19.5 Å². The number of imidazole rings is 1. The van der Waals surface area contributed by atoms with Gasteiger partial charge in [0.15, 0.2) is 0 Å². The maximum atomic E-state index is 11.9. The zero-order chi connectivity index (χ0) is 16.0. The SMILES string of the molecule is Cc1ncc(-c2cc3cc(NC(=O)C4CC4)ncc3cn2)n1C. The Kier molecular flexibility index (Phi) is 3.11. The molecule has 1 fully saturated rings. The van der Waals surface area contributed by atoms with Gasteiger partial charge in [-0.25, -0.2) is 9.97 Å². The first-order valence-corrected chi connectivity index (χ1v) is 7.67. The van der Waals surface area contributed by atoms with Crippen LogP contribution in [-0.4, -0.2) is 25.4 Å². The van der Waals surface area contributed by atoms with E-state index in [9.17, 15) is 4.79 Å². The van der Waals surface area contributed by atoms with Crippen LogP contribution < -0.4 is 5.32 Å². The molecule has 0 spiro atoms. The van der Waals surface area contributed by atoms with E-state index in [1.54, 1.807) is 12.4 Å². The second-order valence-electron chi connectivity index (χ2n) is 6.00. The second kappa shape index (κ2) is 5.15. The quantitative estimate of drug-likeness (QED) is 0.807. The Morgan fingerprint density at radius 3 is 2.61 bits per heavy atom. The lowest BCUT2D eigenvalue weighted by Crippen LogP contribution is -2.14. The zero-order valence-corrected chi connectivity index (χ0v) is 13.1. The highest BCUT2D eigenvalue weighted by atomic mass is 16.2. The van der Waals surface area contributed by atoms with Crippen LogP contribution in [0.25, 0.3) is 22.2 Å². The van der Waals surface area contributed by atoms with Crippen LogP contribution in [0.1, 0.15) is 18.7 Å². The van der Waals surface area contributed by atoms with Crippen LogP contribution in [0.4, 0.5) is 5.82 Å². The Morgan fingerprint density at radius 2 is 1.91 bits per heavy atom. The third-order valence-corrected chi connectivity index (χ3v) is 4.29. The Morgan fingerprint density at radius 1 is 1.13 bits per heavy atom. The van der Waals surface area contributed by atoms with Gasteiger partial charge in [0.25, 0.3) is 0 Å². The number of nitrogens with zero attached hydrogens (tertiary/aromatic N) is 4. The molecule has 1 amide bonds. The molecule has 1 aliphatic carbocycles. The van der Waals surface area contributed by atoms with Crippen molar-refractivity contribution in [3.05, 3.63) is 36.5 Å². The number of hydrogen-bond donors (Lipinski definition) is 1. The van der Waals surface area contributed by atoms with E-state index in [4.69, 9.17) is 0 Å². The van der Waals surface area contributed by atoms with Crippen LogP contribution in [0.2, 0.25) is 0 Å². The molecule has 1 aliphatic rings. The molecule has 3 heterocycles. The summed E-state index contributed by atoms with van der Waals surface area (Å²) >= 11 is 0. The number of rotatable bonds is 3. The average Bonchev–Trinajstić information content (AvgIpc) is 3.34. The summed E-state index contributed by atoms with van der Waals surface area (Å²) in [5.74, 6) is 1.76. The lowest BCUT2D eigenvalue weighted by atomic mass is 10.1. The molecule has 3 aromatic heterocycles. The van der Waals surface area contributed by atoms with Crippen LogP contribution in [-0.2, 0) is 11.8 Å². The summed E-state index contributed by atoms with van der Waals surface area (Å²) in [4.78, 5) is 25.0. The third-order valence-electron chi connectivity index (χ3n) is 4.29. The van der Waals surface area contributed by atoms with Gasteiger partial charge in [-0.1, -0.05) is 0 Å². The van der Waals surface area contributed by atoms with Crippen LogP contribution in [0.3, 0.4) is 0 Å². The first-order chi connectivity index (χ1) is 11.1. The smallest absolute Gasteiger partial charge is 0.228 e. The molecule has 1 saturated carbocycles. The molecule has 0 aliphatic heterocycles. The van der Waals surface area contributed by atoms with E-state index in [1.807, 2.05) is 36.9 Å². The van der Waals surface area contributed by atoms with Gasteiger partial charge < -0.3 is 9.88 Å². The lowest BCUT2D eigenvalue weighted by Gasteiger charge is -2.07. The molecule has 6 nitrogen and oxygen atoms in total. The monoisotopic (exact) mass is 307 g/mol. The number of amides is 1. The summed E-state index contributed by atoms with van der Waals surface area (Å²) in [6.45, 7) is 1.96. The predicted octanol–water partition coefficient (Wildman–Crippen LogP) is 2.69. The maximum absolute atomic E-state index is 11.9. The van der Waals surface area contributed by atoms with E-state index in [-0.39, 0.29) is 11.8 Å². The third kappa shape index (κ3) is 2.56. The molecule has 0 saturated heterocycles. The van der Waals surface area contributed by atoms with E-state index in [0.717, 1.165) is 40.8 Å². The number of fused-ring (bicyclic) bond motifs is 1. The standard InChI is InChI=1S/C17H17N5O/c1-10-18-9-15(22(10)2)14-5-12-6-16(20-8-13(12)7-19-14)21-17(23)11-3-4-11/h5-9,11H,3-4H2,1-2H3,(H,20,21,23). The zero-order valence-electron chi connectivity index (χ0n) is 13.1. The first kappa shape index (κ1) is 13.9. The fourth-order valence-corrected chi connectivity index (χ4v) is 2.56. The van der Waals surface area contributed by atoms with Crippen molar-refractivity contribution in [2.45, 2.75) is 19.8 Å². The molecule has 6 heteroatoms. The summed E-state index contributed by atoms with van der Waals surface area (Å²) in [5, 5.41) is 4.82. The van der Waals surface area contributed by atoms with Gasteiger partial charge in [0.05, 0.1) is 17.6 Å². The van der Waals surface area contributed by atoms with Crippen LogP contribution in [0, 0.1) is 12.8 Å². The highest BCUT2D eigenvalue weighted by Gasteiger charge is 2.29. The molecule has 0 bridgehead atoms. The van der Waals surface area contributed by atoms with Gasteiger partial charge in [-0.05, 0) is 37.3 Å². The molecule has 116 valence electrons.